The van der Waals surface area contributed by atoms with Crippen LogP contribution in [0, 0.1) is 5.82 Å². The van der Waals surface area contributed by atoms with Gasteiger partial charge < -0.3 is 14.0 Å². The zero-order valence-electron chi connectivity index (χ0n) is 13.8. The minimum Gasteiger partial charge on any atom is -0.598 e. The Bertz CT molecular complexity index is 566. The Labute approximate surface area is 141 Å². The highest BCUT2D eigenvalue weighted by Crippen LogP contribution is 2.28. The normalized spacial score (nSPS) is 14.4. The predicted molar refractivity (Wildman–Crippen MR) is 83.4 cm³/mol. The Hall–Kier alpha value is -1.45. The van der Waals surface area contributed by atoms with Gasteiger partial charge in [-0.1, -0.05) is 0 Å². The van der Waals surface area contributed by atoms with Gasteiger partial charge in [-0.15, -0.1) is 4.72 Å². The number of hydrogen-bond acceptors (Lipinski definition) is 5. The number of benzene rings is 1. The van der Waals surface area contributed by atoms with Gasteiger partial charge in [0.15, 0.2) is 0 Å². The number of hydrogen-bond donors (Lipinski definition) is 1. The maximum atomic E-state index is 14.1. The van der Waals surface area contributed by atoms with Gasteiger partial charge in [0.1, 0.15) is 16.3 Å². The number of rotatable bonds is 7. The van der Waals surface area contributed by atoms with E-state index in [1.54, 1.807) is 20.8 Å². The summed E-state index contributed by atoms with van der Waals surface area (Å²) in [6.45, 7) is 2.01. The zero-order valence-corrected chi connectivity index (χ0v) is 14.6. The molecule has 0 unspecified atom stereocenters. The van der Waals surface area contributed by atoms with Crippen molar-refractivity contribution in [1.29, 1.82) is 0 Å². The Morgan fingerprint density at radius 1 is 1.38 bits per heavy atom. The second-order valence-corrected chi connectivity index (χ2v) is 7.89. The molecule has 1 aromatic carbocycles. The first-order chi connectivity index (χ1) is 11.0. The fourth-order valence-corrected chi connectivity index (χ4v) is 2.56. The van der Waals surface area contributed by atoms with Gasteiger partial charge in [-0.3, -0.25) is 4.79 Å². The second-order valence-electron chi connectivity index (χ2n) is 5.89. The van der Waals surface area contributed by atoms with Crippen LogP contribution in [-0.2, 0) is 20.9 Å². The van der Waals surface area contributed by atoms with E-state index in [9.17, 15) is 22.5 Å². The molecule has 0 aliphatic carbocycles. The molecule has 0 aliphatic heterocycles. The lowest BCUT2D eigenvalue weighted by molar-refractivity contribution is -0.141. The van der Waals surface area contributed by atoms with Gasteiger partial charge in [0.05, 0.1) is 19.6 Å². The Kier molecular flexibility index (Phi) is 7.37. The average Bonchev–Trinajstić information content (AvgIpc) is 2.46. The lowest BCUT2D eigenvalue weighted by Gasteiger charge is -2.28. The molecule has 1 aromatic rings. The van der Waals surface area contributed by atoms with Gasteiger partial charge in [0.2, 0.25) is 0 Å². The Morgan fingerprint density at radius 2 is 2.00 bits per heavy atom. The molecule has 0 saturated heterocycles. The maximum Gasteiger partial charge on any atom is 0.387 e. The maximum absolute atomic E-state index is 14.1. The summed E-state index contributed by atoms with van der Waals surface area (Å²) < 4.78 is 61.8. The average molecular weight is 367 g/mol. The summed E-state index contributed by atoms with van der Waals surface area (Å²) >= 11 is -1.63. The standard InChI is InChI=1S/C15H20F3NO4S/c1-15(2,3)24(21)19-12(8-13(20)22-4)10-7-9(23-14(17)18)5-6-11(10)16/h5-7,12,14,19H,8H2,1-4H3/t12-,24+/m0/s1. The fraction of sp³-hybridized carbons (Fsp3) is 0.533. The second kappa shape index (κ2) is 8.59. The summed E-state index contributed by atoms with van der Waals surface area (Å²) in [7, 11) is 1.16. The van der Waals surface area contributed by atoms with E-state index < -0.39 is 40.5 Å². The molecular formula is C15H20F3NO4S. The quantitative estimate of drug-likeness (QED) is 0.592. The molecule has 1 rings (SSSR count). The lowest BCUT2D eigenvalue weighted by Crippen LogP contribution is -2.42. The van der Waals surface area contributed by atoms with Crippen LogP contribution in [0.4, 0.5) is 13.2 Å². The summed E-state index contributed by atoms with van der Waals surface area (Å²) in [5, 5.41) is 0. The minimum atomic E-state index is -3.07. The van der Waals surface area contributed by atoms with E-state index in [-0.39, 0.29) is 17.7 Å². The number of carbonyl (C=O) groups excluding carboxylic acids is 1. The van der Waals surface area contributed by atoms with Crippen molar-refractivity contribution in [3.8, 4) is 5.75 Å². The molecule has 1 N–H and O–H groups in total. The summed E-state index contributed by atoms with van der Waals surface area (Å²) in [5.41, 5.74) is -0.115. The molecule has 0 bridgehead atoms. The van der Waals surface area contributed by atoms with E-state index in [0.717, 1.165) is 25.3 Å². The number of alkyl halides is 2. The van der Waals surface area contributed by atoms with Gasteiger partial charge in [-0.05, 0) is 39.0 Å². The van der Waals surface area contributed by atoms with Crippen LogP contribution in [-0.4, -0.2) is 29.0 Å². The van der Waals surface area contributed by atoms with E-state index in [1.165, 1.54) is 0 Å². The zero-order chi connectivity index (χ0) is 18.5. The smallest absolute Gasteiger partial charge is 0.387 e. The third-order valence-corrected chi connectivity index (χ3v) is 4.58. The van der Waals surface area contributed by atoms with Gasteiger partial charge in [0, 0.05) is 16.9 Å². The van der Waals surface area contributed by atoms with Crippen LogP contribution in [0.5, 0.6) is 5.75 Å². The predicted octanol–water partition coefficient (Wildman–Crippen LogP) is 3.08. The van der Waals surface area contributed by atoms with Crippen molar-refractivity contribution in [3.05, 3.63) is 29.6 Å². The third-order valence-electron chi connectivity index (χ3n) is 2.97. The number of halogens is 3. The van der Waals surface area contributed by atoms with Crippen molar-refractivity contribution in [1.82, 2.24) is 4.72 Å². The Morgan fingerprint density at radius 3 is 2.50 bits per heavy atom. The molecule has 0 fully saturated rings. The van der Waals surface area contributed by atoms with Crippen LogP contribution in [0.1, 0.15) is 38.8 Å². The molecule has 0 saturated carbocycles. The number of esters is 1. The van der Waals surface area contributed by atoms with Crippen LogP contribution < -0.4 is 9.46 Å². The molecule has 0 spiro atoms. The molecule has 24 heavy (non-hydrogen) atoms. The SMILES string of the molecule is COC(=O)C[C@H](N[S@+]([O-])C(C)(C)C)c1cc(OC(F)F)ccc1F. The largest absolute Gasteiger partial charge is 0.598 e. The van der Waals surface area contributed by atoms with Gasteiger partial charge in [-0.2, -0.15) is 8.78 Å². The van der Waals surface area contributed by atoms with E-state index in [0.29, 0.717) is 0 Å². The molecule has 5 nitrogen and oxygen atoms in total. The van der Waals surface area contributed by atoms with Crippen molar-refractivity contribution >= 4 is 17.3 Å². The topological polar surface area (TPSA) is 70.6 Å². The van der Waals surface area contributed by atoms with E-state index in [1.807, 2.05) is 0 Å². The highest BCUT2D eigenvalue weighted by molar-refractivity contribution is 7.90. The fourth-order valence-electron chi connectivity index (χ4n) is 1.74. The van der Waals surface area contributed by atoms with Gasteiger partial charge in [0.25, 0.3) is 0 Å². The van der Waals surface area contributed by atoms with Crippen LogP contribution in [0.2, 0.25) is 0 Å². The summed E-state index contributed by atoms with van der Waals surface area (Å²) in [6.07, 6.45) is -0.326. The van der Waals surface area contributed by atoms with Crippen LogP contribution in [0.3, 0.4) is 0 Å². The number of nitrogens with one attached hydrogen (secondary N) is 1. The van der Waals surface area contributed by atoms with Crippen molar-refractivity contribution in [2.75, 3.05) is 7.11 Å². The van der Waals surface area contributed by atoms with Gasteiger partial charge >= 0.3 is 12.6 Å². The van der Waals surface area contributed by atoms with E-state index in [4.69, 9.17) is 0 Å². The molecule has 0 amide bonds. The van der Waals surface area contributed by atoms with Crippen molar-refractivity contribution < 1.29 is 32.0 Å². The summed E-state index contributed by atoms with van der Waals surface area (Å²) in [4.78, 5) is 11.6. The molecule has 0 aromatic heterocycles. The molecule has 0 aliphatic rings. The van der Waals surface area contributed by atoms with Crippen molar-refractivity contribution in [3.63, 3.8) is 0 Å². The van der Waals surface area contributed by atoms with Gasteiger partial charge in [-0.25, -0.2) is 4.39 Å². The lowest BCUT2D eigenvalue weighted by atomic mass is 10.0. The van der Waals surface area contributed by atoms with Crippen LogP contribution in [0.15, 0.2) is 18.2 Å². The monoisotopic (exact) mass is 367 g/mol. The number of methoxy groups -OCH3 is 1. The molecule has 9 heteroatoms. The molecule has 0 heterocycles. The van der Waals surface area contributed by atoms with E-state index in [2.05, 4.69) is 14.2 Å². The molecule has 2 atom stereocenters. The third kappa shape index (κ3) is 6.21. The Balaban J connectivity index is 3.15. The number of ether oxygens (including phenoxy) is 2. The molecule has 136 valence electrons. The highest BCUT2D eigenvalue weighted by Gasteiger charge is 2.32. The minimum absolute atomic E-state index is 0.115. The first-order valence-electron chi connectivity index (χ1n) is 7.03. The molecule has 0 radical (unpaired) electrons. The highest BCUT2D eigenvalue weighted by atomic mass is 32.2. The number of carbonyl (C=O) groups is 1. The summed E-state index contributed by atoms with van der Waals surface area (Å²) in [5.74, 6) is -1.68. The summed E-state index contributed by atoms with van der Waals surface area (Å²) in [6, 6.07) is 2.00. The van der Waals surface area contributed by atoms with Crippen LogP contribution >= 0.6 is 0 Å². The first-order valence-corrected chi connectivity index (χ1v) is 8.18. The first kappa shape index (κ1) is 20.6. The van der Waals surface area contributed by atoms with E-state index >= 15 is 0 Å². The van der Waals surface area contributed by atoms with Crippen molar-refractivity contribution in [2.24, 2.45) is 0 Å². The molecular weight excluding hydrogens is 347 g/mol. The van der Waals surface area contributed by atoms with Crippen LogP contribution in [0.25, 0.3) is 0 Å². The van der Waals surface area contributed by atoms with Crippen molar-refractivity contribution in [2.45, 2.75) is 44.6 Å².